The summed E-state index contributed by atoms with van der Waals surface area (Å²) in [5.41, 5.74) is 8.59. The van der Waals surface area contributed by atoms with E-state index in [1.165, 1.54) is 6.07 Å². The lowest BCUT2D eigenvalue weighted by Crippen LogP contribution is -1.86. The number of hydrogen-bond donors (Lipinski definition) is 2. The van der Waals surface area contributed by atoms with Crippen LogP contribution in [0.1, 0.15) is 5.69 Å². The Bertz CT molecular complexity index is 734. The first-order valence-corrected chi connectivity index (χ1v) is 5.46. The third-order valence-corrected chi connectivity index (χ3v) is 2.67. The molecule has 0 amide bonds. The molecular weight excluding hydrogens is 230 g/mol. The lowest BCUT2D eigenvalue weighted by molar-refractivity contribution is 0.478. The van der Waals surface area contributed by atoms with Gasteiger partial charge in [0.25, 0.3) is 0 Å². The van der Waals surface area contributed by atoms with Gasteiger partial charge in [0.1, 0.15) is 5.75 Å². The van der Waals surface area contributed by atoms with Gasteiger partial charge in [-0.25, -0.2) is 4.98 Å². The van der Waals surface area contributed by atoms with Crippen molar-refractivity contribution in [3.8, 4) is 17.2 Å². The summed E-state index contributed by atoms with van der Waals surface area (Å²) >= 11 is 0. The van der Waals surface area contributed by atoms with Gasteiger partial charge in [-0.05, 0) is 37.3 Å². The van der Waals surface area contributed by atoms with Gasteiger partial charge < -0.3 is 15.3 Å². The highest BCUT2D eigenvalue weighted by Gasteiger charge is 2.10. The van der Waals surface area contributed by atoms with E-state index in [0.717, 1.165) is 5.69 Å². The maximum absolute atomic E-state index is 9.57. The predicted octanol–water partition coefficient (Wildman–Crippen LogP) is 2.49. The molecule has 90 valence electrons. The summed E-state index contributed by atoms with van der Waals surface area (Å²) in [5, 5.41) is 9.57. The van der Waals surface area contributed by atoms with Gasteiger partial charge in [-0.1, -0.05) is 0 Å². The van der Waals surface area contributed by atoms with Gasteiger partial charge in [-0.3, -0.25) is 0 Å². The summed E-state index contributed by atoms with van der Waals surface area (Å²) in [4.78, 5) is 8.55. The maximum Gasteiger partial charge on any atom is 0.229 e. The van der Waals surface area contributed by atoms with E-state index in [1.807, 2.05) is 19.1 Å². The minimum atomic E-state index is 0.0129. The molecule has 0 aliphatic carbocycles. The molecule has 0 saturated carbocycles. The lowest BCUT2D eigenvalue weighted by Gasteiger charge is -1.99. The van der Waals surface area contributed by atoms with Crippen LogP contribution in [0.2, 0.25) is 0 Å². The first kappa shape index (κ1) is 10.6. The monoisotopic (exact) mass is 241 g/mol. The fraction of sp³-hybridized carbons (Fsp3) is 0.0769. The van der Waals surface area contributed by atoms with Gasteiger partial charge in [0, 0.05) is 11.3 Å². The summed E-state index contributed by atoms with van der Waals surface area (Å²) in [5.74, 6) is 0.428. The van der Waals surface area contributed by atoms with Gasteiger partial charge in [-0.15, -0.1) is 0 Å². The summed E-state index contributed by atoms with van der Waals surface area (Å²) in [6.07, 6.45) is 0. The molecule has 0 spiro atoms. The van der Waals surface area contributed by atoms with E-state index in [2.05, 4.69) is 9.97 Å². The molecule has 0 fully saturated rings. The Hall–Kier alpha value is -2.56. The average Bonchev–Trinajstić information content (AvgIpc) is 2.75. The first-order valence-electron chi connectivity index (χ1n) is 5.46. The van der Waals surface area contributed by atoms with Crippen LogP contribution >= 0.6 is 0 Å². The third-order valence-electron chi connectivity index (χ3n) is 2.67. The Balaban J connectivity index is 2.16. The van der Waals surface area contributed by atoms with Gasteiger partial charge in [0.2, 0.25) is 5.89 Å². The molecule has 0 aliphatic rings. The van der Waals surface area contributed by atoms with Gasteiger partial charge in [0.05, 0.1) is 5.69 Å². The number of phenols is 1. The fourth-order valence-corrected chi connectivity index (χ4v) is 1.71. The average molecular weight is 241 g/mol. The first-order chi connectivity index (χ1) is 8.63. The second-order valence-electron chi connectivity index (χ2n) is 4.07. The van der Waals surface area contributed by atoms with Crippen molar-refractivity contribution in [3.63, 3.8) is 0 Å². The molecule has 0 aliphatic heterocycles. The molecule has 3 N–H and O–H groups in total. The number of phenolic OH excluding ortho intramolecular Hbond substituents is 1. The van der Waals surface area contributed by atoms with E-state index >= 15 is 0 Å². The van der Waals surface area contributed by atoms with E-state index in [9.17, 15) is 5.11 Å². The molecular formula is C13H11N3O2. The van der Waals surface area contributed by atoms with Gasteiger partial charge in [0.15, 0.2) is 11.2 Å². The molecule has 2 aromatic heterocycles. The standard InChI is InChI=1S/C13H11N3O2/c1-7-2-5-11-12(15-7)16-13(18-11)8-3-4-9(14)10(17)6-8/h2-6,17H,14H2,1H3. The molecule has 18 heavy (non-hydrogen) atoms. The normalized spacial score (nSPS) is 10.9. The molecule has 3 aromatic rings. The molecule has 3 rings (SSSR count). The van der Waals surface area contributed by atoms with Crippen LogP contribution in [0, 0.1) is 6.92 Å². The zero-order valence-corrected chi connectivity index (χ0v) is 9.71. The number of hydrogen-bond acceptors (Lipinski definition) is 5. The summed E-state index contributed by atoms with van der Waals surface area (Å²) < 4.78 is 5.58. The van der Waals surface area contributed by atoms with Crippen molar-refractivity contribution in [1.82, 2.24) is 9.97 Å². The molecule has 5 nitrogen and oxygen atoms in total. The van der Waals surface area contributed by atoms with E-state index in [4.69, 9.17) is 10.2 Å². The van der Waals surface area contributed by atoms with Crippen LogP contribution in [0.5, 0.6) is 5.75 Å². The summed E-state index contributed by atoms with van der Waals surface area (Å²) in [7, 11) is 0. The molecule has 1 aromatic carbocycles. The number of aromatic hydroxyl groups is 1. The smallest absolute Gasteiger partial charge is 0.229 e. The van der Waals surface area contributed by atoms with Gasteiger partial charge >= 0.3 is 0 Å². The lowest BCUT2D eigenvalue weighted by atomic mass is 10.2. The van der Waals surface area contributed by atoms with Gasteiger partial charge in [-0.2, -0.15) is 4.98 Å². The van der Waals surface area contributed by atoms with Crippen LogP contribution in [0.15, 0.2) is 34.7 Å². The van der Waals surface area contributed by atoms with Crippen molar-refractivity contribution < 1.29 is 9.52 Å². The highest BCUT2D eigenvalue weighted by atomic mass is 16.3. The molecule has 0 radical (unpaired) electrons. The molecule has 0 atom stereocenters. The number of pyridine rings is 1. The van der Waals surface area contributed by atoms with Crippen LogP contribution in [0.4, 0.5) is 5.69 Å². The topological polar surface area (TPSA) is 85.2 Å². The van der Waals surface area contributed by atoms with Crippen molar-refractivity contribution in [3.05, 3.63) is 36.0 Å². The summed E-state index contributed by atoms with van der Waals surface area (Å²) in [6, 6.07) is 8.56. The Kier molecular flexibility index (Phi) is 2.19. The fourth-order valence-electron chi connectivity index (χ4n) is 1.71. The number of nitrogens with zero attached hydrogens (tertiary/aromatic N) is 2. The molecule has 0 bridgehead atoms. The van der Waals surface area contributed by atoms with Crippen LogP contribution in [0.25, 0.3) is 22.7 Å². The van der Waals surface area contributed by atoms with Crippen molar-refractivity contribution in [2.75, 3.05) is 5.73 Å². The van der Waals surface area contributed by atoms with E-state index in [1.54, 1.807) is 12.1 Å². The Morgan fingerprint density at radius 3 is 2.78 bits per heavy atom. The van der Waals surface area contributed by atoms with E-state index in [0.29, 0.717) is 28.4 Å². The number of aryl methyl sites for hydroxylation is 1. The highest BCUT2D eigenvalue weighted by molar-refractivity contribution is 5.73. The minimum absolute atomic E-state index is 0.0129. The molecule has 0 saturated heterocycles. The van der Waals surface area contributed by atoms with E-state index < -0.39 is 0 Å². The van der Waals surface area contributed by atoms with Crippen LogP contribution < -0.4 is 5.73 Å². The number of nitrogen functional groups attached to an aromatic ring is 1. The minimum Gasteiger partial charge on any atom is -0.506 e. The zero-order chi connectivity index (χ0) is 12.7. The van der Waals surface area contributed by atoms with Crippen molar-refractivity contribution >= 4 is 16.9 Å². The molecule has 5 heteroatoms. The van der Waals surface area contributed by atoms with Crippen molar-refractivity contribution in [2.24, 2.45) is 0 Å². The van der Waals surface area contributed by atoms with Crippen LogP contribution in [-0.2, 0) is 0 Å². The number of aromatic nitrogens is 2. The van der Waals surface area contributed by atoms with Crippen LogP contribution in [0.3, 0.4) is 0 Å². The quantitative estimate of drug-likeness (QED) is 0.505. The van der Waals surface area contributed by atoms with Crippen LogP contribution in [-0.4, -0.2) is 15.1 Å². The third kappa shape index (κ3) is 1.66. The second-order valence-corrected chi connectivity index (χ2v) is 4.07. The summed E-state index contributed by atoms with van der Waals surface area (Å²) in [6.45, 7) is 1.89. The SMILES string of the molecule is Cc1ccc2oc(-c3ccc(N)c(O)c3)nc2n1. The second kappa shape index (κ2) is 3.73. The largest absolute Gasteiger partial charge is 0.506 e. The number of fused-ring (bicyclic) bond motifs is 1. The number of nitrogens with two attached hydrogens (primary N) is 1. The number of benzene rings is 1. The number of oxazole rings is 1. The van der Waals surface area contributed by atoms with E-state index in [-0.39, 0.29) is 5.75 Å². The highest BCUT2D eigenvalue weighted by Crippen LogP contribution is 2.29. The maximum atomic E-state index is 9.57. The van der Waals surface area contributed by atoms with Crippen molar-refractivity contribution in [2.45, 2.75) is 6.92 Å². The Morgan fingerprint density at radius 1 is 1.17 bits per heavy atom. The Morgan fingerprint density at radius 2 is 2.00 bits per heavy atom. The Labute approximate surface area is 103 Å². The number of rotatable bonds is 1. The zero-order valence-electron chi connectivity index (χ0n) is 9.71. The molecule has 0 unspecified atom stereocenters. The van der Waals surface area contributed by atoms with Crippen molar-refractivity contribution in [1.29, 1.82) is 0 Å². The predicted molar refractivity (Wildman–Crippen MR) is 68.1 cm³/mol. The number of anilines is 1. The molecule has 2 heterocycles.